The van der Waals surface area contributed by atoms with Crippen LogP contribution in [0.1, 0.15) is 44.1 Å². The maximum absolute atomic E-state index is 13.0. The summed E-state index contributed by atoms with van der Waals surface area (Å²) in [5, 5.41) is 1.65. The number of nitrogens with zero attached hydrogens (tertiary/aromatic N) is 1. The lowest BCUT2D eigenvalue weighted by molar-refractivity contribution is -0.253. The van der Waals surface area contributed by atoms with E-state index in [4.69, 9.17) is 4.84 Å². The number of fused-ring (bicyclic) bond motifs is 1. The van der Waals surface area contributed by atoms with E-state index in [1.165, 1.54) is 31.2 Å². The van der Waals surface area contributed by atoms with E-state index in [1.807, 2.05) is 0 Å². The first-order valence-electron chi connectivity index (χ1n) is 9.74. The molecule has 3 heteroatoms. The van der Waals surface area contributed by atoms with E-state index in [2.05, 4.69) is 30.3 Å². The van der Waals surface area contributed by atoms with E-state index >= 15 is 0 Å². The van der Waals surface area contributed by atoms with Gasteiger partial charge in [0, 0.05) is 11.8 Å². The molecule has 0 N–H and O–H groups in total. The van der Waals surface area contributed by atoms with Crippen LogP contribution in [0.3, 0.4) is 0 Å². The second-order valence-electron chi connectivity index (χ2n) is 8.96. The number of rotatable bonds is 3. The third kappa shape index (κ3) is 1.39. The molecule has 0 radical (unpaired) electrons. The molecule has 6 atom stereocenters. The quantitative estimate of drug-likeness (QED) is 0.851. The Kier molecular flexibility index (Phi) is 2.56. The molecule has 4 aliphatic carbocycles. The zero-order chi connectivity index (χ0) is 15.9. The van der Waals surface area contributed by atoms with Crippen molar-refractivity contribution >= 4 is 5.91 Å². The average molecular weight is 323 g/mol. The normalized spacial score (nSPS) is 47.2. The second kappa shape index (κ2) is 4.43. The van der Waals surface area contributed by atoms with Crippen LogP contribution in [0.5, 0.6) is 0 Å². The summed E-state index contributed by atoms with van der Waals surface area (Å²) >= 11 is 0. The lowest BCUT2D eigenvalue weighted by Crippen LogP contribution is -2.74. The minimum atomic E-state index is 0.0932. The number of carbonyl (C=O) groups excluding carboxylic acids is 1. The fourth-order valence-corrected chi connectivity index (χ4v) is 7.87. The summed E-state index contributed by atoms with van der Waals surface area (Å²) in [4.78, 5) is 18.6. The molecule has 5 aliphatic rings. The van der Waals surface area contributed by atoms with Gasteiger partial charge in [0.1, 0.15) is 0 Å². The summed E-state index contributed by atoms with van der Waals surface area (Å²) in [5.41, 5.74) is 2.13. The Bertz CT molecular complexity index is 697. The summed E-state index contributed by atoms with van der Waals surface area (Å²) in [6, 6.07) is 11.0. The van der Waals surface area contributed by atoms with Crippen molar-refractivity contribution in [3.05, 3.63) is 35.9 Å². The van der Waals surface area contributed by atoms with Crippen LogP contribution in [-0.2, 0) is 15.0 Å². The summed E-state index contributed by atoms with van der Waals surface area (Å²) < 4.78 is 0. The van der Waals surface area contributed by atoms with Crippen molar-refractivity contribution in [2.75, 3.05) is 13.2 Å². The minimum Gasteiger partial charge on any atom is -0.273 e. The zero-order valence-corrected chi connectivity index (χ0v) is 14.1. The topological polar surface area (TPSA) is 29.5 Å². The van der Waals surface area contributed by atoms with E-state index < -0.39 is 0 Å². The molecular weight excluding hydrogens is 298 g/mol. The number of hydroxylamine groups is 2. The van der Waals surface area contributed by atoms with Gasteiger partial charge in [0.05, 0.1) is 13.2 Å². The molecule has 1 aromatic carbocycles. The molecule has 6 rings (SSSR count). The smallest absolute Gasteiger partial charge is 0.247 e. The third-order valence-electron chi connectivity index (χ3n) is 8.44. The molecule has 0 aromatic heterocycles. The summed E-state index contributed by atoms with van der Waals surface area (Å²) in [6.45, 7) is 1.47. The van der Waals surface area contributed by atoms with Gasteiger partial charge in [-0.25, -0.2) is 5.06 Å². The highest BCUT2D eigenvalue weighted by atomic mass is 16.7. The summed E-state index contributed by atoms with van der Waals surface area (Å²) in [6.07, 6.45) is 7.28. The van der Waals surface area contributed by atoms with Gasteiger partial charge in [0.2, 0.25) is 5.91 Å². The van der Waals surface area contributed by atoms with Gasteiger partial charge in [-0.05, 0) is 66.8 Å². The number of carbonyl (C=O) groups is 1. The Hall–Kier alpha value is -1.35. The van der Waals surface area contributed by atoms with Crippen LogP contribution in [0.4, 0.5) is 0 Å². The lowest BCUT2D eigenvalue weighted by atomic mass is 9.27. The van der Waals surface area contributed by atoms with Gasteiger partial charge in [0.25, 0.3) is 0 Å². The van der Waals surface area contributed by atoms with Gasteiger partial charge in [-0.15, -0.1) is 0 Å². The highest BCUT2D eigenvalue weighted by molar-refractivity contribution is 5.78. The summed E-state index contributed by atoms with van der Waals surface area (Å²) in [5.74, 6) is 3.61. The van der Waals surface area contributed by atoms with Crippen LogP contribution >= 0.6 is 0 Å². The molecule has 1 aromatic rings. The predicted molar refractivity (Wildman–Crippen MR) is 89.9 cm³/mol. The monoisotopic (exact) mass is 323 g/mol. The van der Waals surface area contributed by atoms with Crippen molar-refractivity contribution in [2.24, 2.45) is 29.1 Å². The van der Waals surface area contributed by atoms with Gasteiger partial charge in [-0.2, -0.15) is 0 Å². The lowest BCUT2D eigenvalue weighted by Gasteiger charge is -2.77. The van der Waals surface area contributed by atoms with Crippen molar-refractivity contribution in [1.29, 1.82) is 0 Å². The van der Waals surface area contributed by atoms with Crippen molar-refractivity contribution in [1.82, 2.24) is 5.06 Å². The van der Waals surface area contributed by atoms with E-state index in [-0.39, 0.29) is 11.3 Å². The van der Waals surface area contributed by atoms with Gasteiger partial charge < -0.3 is 0 Å². The van der Waals surface area contributed by atoms with E-state index in [1.54, 1.807) is 5.06 Å². The number of amides is 1. The molecule has 1 amide bonds. The molecule has 4 saturated carbocycles. The van der Waals surface area contributed by atoms with E-state index in [0.29, 0.717) is 18.4 Å². The molecule has 1 spiro atoms. The Morgan fingerprint density at radius 3 is 2.75 bits per heavy atom. The standard InChI is InChI=1S/C21H25NO2/c23-19(22-7-4-8-24-22)13-21(15-5-2-1-3-6-15)17-10-14-9-16-11-18(21)20(16,17)12-14/h1-3,5-6,14,16-18H,4,7-13H2. The number of hydrogen-bond donors (Lipinski definition) is 0. The molecule has 6 unspecified atom stereocenters. The van der Waals surface area contributed by atoms with Crippen LogP contribution in [0, 0.1) is 29.1 Å². The predicted octanol–water partition coefficient (Wildman–Crippen LogP) is 3.54. The maximum atomic E-state index is 13.0. The van der Waals surface area contributed by atoms with Gasteiger partial charge in [-0.3, -0.25) is 9.63 Å². The van der Waals surface area contributed by atoms with E-state index in [0.717, 1.165) is 36.6 Å². The number of benzene rings is 1. The molecule has 2 bridgehead atoms. The van der Waals surface area contributed by atoms with Crippen LogP contribution < -0.4 is 0 Å². The second-order valence-corrected chi connectivity index (χ2v) is 8.96. The van der Waals surface area contributed by atoms with Crippen molar-refractivity contribution in [3.63, 3.8) is 0 Å². The average Bonchev–Trinajstić information content (AvgIpc) is 3.30. The molecule has 5 fully saturated rings. The number of hydrogen-bond acceptors (Lipinski definition) is 2. The molecular formula is C21H25NO2. The third-order valence-corrected chi connectivity index (χ3v) is 8.44. The van der Waals surface area contributed by atoms with Crippen LogP contribution in [0.25, 0.3) is 0 Å². The molecule has 3 nitrogen and oxygen atoms in total. The molecule has 24 heavy (non-hydrogen) atoms. The zero-order valence-electron chi connectivity index (χ0n) is 14.1. The largest absolute Gasteiger partial charge is 0.273 e. The Morgan fingerprint density at radius 1 is 1.17 bits per heavy atom. The van der Waals surface area contributed by atoms with Crippen LogP contribution in [0.2, 0.25) is 0 Å². The van der Waals surface area contributed by atoms with Gasteiger partial charge >= 0.3 is 0 Å². The molecule has 1 saturated heterocycles. The Balaban J connectivity index is 1.40. The first-order chi connectivity index (χ1) is 11.7. The highest BCUT2D eigenvalue weighted by Gasteiger charge is 2.83. The maximum Gasteiger partial charge on any atom is 0.247 e. The van der Waals surface area contributed by atoms with Gasteiger partial charge in [-0.1, -0.05) is 30.3 Å². The van der Waals surface area contributed by atoms with Gasteiger partial charge in [0.15, 0.2) is 0 Å². The van der Waals surface area contributed by atoms with Crippen molar-refractivity contribution in [2.45, 2.75) is 43.9 Å². The van der Waals surface area contributed by atoms with E-state index in [9.17, 15) is 4.79 Å². The molecule has 1 heterocycles. The first kappa shape index (κ1) is 13.9. The van der Waals surface area contributed by atoms with Crippen molar-refractivity contribution in [3.8, 4) is 0 Å². The molecule has 1 aliphatic heterocycles. The van der Waals surface area contributed by atoms with Crippen LogP contribution in [0.15, 0.2) is 30.3 Å². The van der Waals surface area contributed by atoms with Crippen molar-refractivity contribution < 1.29 is 9.63 Å². The fourth-order valence-electron chi connectivity index (χ4n) is 7.87. The summed E-state index contributed by atoms with van der Waals surface area (Å²) in [7, 11) is 0. The first-order valence-corrected chi connectivity index (χ1v) is 9.74. The fraction of sp³-hybridized carbons (Fsp3) is 0.667. The SMILES string of the molecule is O=C(CC1(c2ccccc2)C2CC3CC4CC1C42C3)N1CCCO1. The molecule has 126 valence electrons. The highest BCUT2D eigenvalue weighted by Crippen LogP contribution is 2.87. The minimum absolute atomic E-state index is 0.0932. The Morgan fingerprint density at radius 2 is 2.00 bits per heavy atom. The van der Waals surface area contributed by atoms with Crippen LogP contribution in [-0.4, -0.2) is 24.1 Å². The Labute approximate surface area is 143 Å².